The molecular formula is C17H19N7O. The van der Waals surface area contributed by atoms with Crippen LogP contribution in [-0.2, 0) is 0 Å². The third kappa shape index (κ3) is 3.97. The molecule has 0 aliphatic rings. The first-order valence-electron chi connectivity index (χ1n) is 7.99. The molecule has 0 saturated heterocycles. The Morgan fingerprint density at radius 3 is 2.68 bits per heavy atom. The summed E-state index contributed by atoms with van der Waals surface area (Å²) in [4.78, 5) is 16.3. The van der Waals surface area contributed by atoms with Gasteiger partial charge in [-0.3, -0.25) is 4.98 Å². The van der Waals surface area contributed by atoms with E-state index >= 15 is 0 Å². The standard InChI is InChI=1S/C17H19N7O/c1-3-15(13-6-8-18-9-7-13)21-17(25)20-14-4-5-16(12(2)10-14)24-11-19-22-23-24/h4-11,15H,3H2,1-2H3,(H2,20,21,25)/t15-/m0/s1. The van der Waals surface area contributed by atoms with Gasteiger partial charge in [0.05, 0.1) is 11.7 Å². The molecule has 8 heteroatoms. The predicted octanol–water partition coefficient (Wildman–Crippen LogP) is 2.64. The van der Waals surface area contributed by atoms with Crippen LogP contribution in [0, 0.1) is 6.92 Å². The maximum atomic E-state index is 12.3. The highest BCUT2D eigenvalue weighted by atomic mass is 16.2. The molecule has 128 valence electrons. The first kappa shape index (κ1) is 16.6. The molecule has 8 nitrogen and oxygen atoms in total. The van der Waals surface area contributed by atoms with Gasteiger partial charge in [-0.25, -0.2) is 9.48 Å². The highest BCUT2D eigenvalue weighted by molar-refractivity contribution is 5.89. The summed E-state index contributed by atoms with van der Waals surface area (Å²) in [6.07, 6.45) is 5.76. The van der Waals surface area contributed by atoms with E-state index in [1.807, 2.05) is 44.2 Å². The van der Waals surface area contributed by atoms with E-state index in [0.717, 1.165) is 23.2 Å². The van der Waals surface area contributed by atoms with Gasteiger partial charge in [0, 0.05) is 18.1 Å². The fourth-order valence-electron chi connectivity index (χ4n) is 2.60. The van der Waals surface area contributed by atoms with Crippen LogP contribution in [0.5, 0.6) is 0 Å². The number of hydrogen-bond acceptors (Lipinski definition) is 5. The average Bonchev–Trinajstić information content (AvgIpc) is 3.15. The van der Waals surface area contributed by atoms with Crippen molar-refractivity contribution in [3.63, 3.8) is 0 Å². The Kier molecular flexibility index (Phi) is 4.98. The molecular weight excluding hydrogens is 318 g/mol. The second-order valence-electron chi connectivity index (χ2n) is 5.60. The number of nitrogens with one attached hydrogen (secondary N) is 2. The van der Waals surface area contributed by atoms with Gasteiger partial charge in [-0.1, -0.05) is 6.92 Å². The number of carbonyl (C=O) groups excluding carboxylic acids is 1. The van der Waals surface area contributed by atoms with Crippen molar-refractivity contribution in [1.29, 1.82) is 0 Å². The van der Waals surface area contributed by atoms with E-state index in [0.29, 0.717) is 5.69 Å². The minimum absolute atomic E-state index is 0.0652. The summed E-state index contributed by atoms with van der Waals surface area (Å²) < 4.78 is 1.58. The monoisotopic (exact) mass is 337 g/mol. The minimum Gasteiger partial charge on any atom is -0.331 e. The van der Waals surface area contributed by atoms with Crippen LogP contribution in [0.25, 0.3) is 5.69 Å². The third-order valence-electron chi connectivity index (χ3n) is 3.87. The van der Waals surface area contributed by atoms with Gasteiger partial charge >= 0.3 is 6.03 Å². The lowest BCUT2D eigenvalue weighted by Gasteiger charge is -2.18. The normalized spacial score (nSPS) is 11.8. The van der Waals surface area contributed by atoms with Gasteiger partial charge in [0.1, 0.15) is 6.33 Å². The number of anilines is 1. The molecule has 0 bridgehead atoms. The van der Waals surface area contributed by atoms with E-state index < -0.39 is 0 Å². The quantitative estimate of drug-likeness (QED) is 0.746. The lowest BCUT2D eigenvalue weighted by molar-refractivity contribution is 0.248. The second kappa shape index (κ2) is 7.52. The molecule has 2 N–H and O–H groups in total. The van der Waals surface area contributed by atoms with Crippen molar-refractivity contribution in [3.8, 4) is 5.69 Å². The Balaban J connectivity index is 1.67. The van der Waals surface area contributed by atoms with Gasteiger partial charge in [-0.05, 0) is 65.2 Å². The van der Waals surface area contributed by atoms with Crippen LogP contribution in [0.1, 0.15) is 30.5 Å². The molecule has 0 radical (unpaired) electrons. The highest BCUT2D eigenvalue weighted by Crippen LogP contribution is 2.19. The van der Waals surface area contributed by atoms with Crippen LogP contribution in [0.4, 0.5) is 10.5 Å². The zero-order valence-corrected chi connectivity index (χ0v) is 14.0. The van der Waals surface area contributed by atoms with Gasteiger partial charge in [0.2, 0.25) is 0 Å². The lowest BCUT2D eigenvalue weighted by Crippen LogP contribution is -2.32. The van der Waals surface area contributed by atoms with Crippen LogP contribution < -0.4 is 10.6 Å². The number of rotatable bonds is 5. The number of amides is 2. The van der Waals surface area contributed by atoms with E-state index in [-0.39, 0.29) is 12.1 Å². The molecule has 25 heavy (non-hydrogen) atoms. The number of pyridine rings is 1. The summed E-state index contributed by atoms with van der Waals surface area (Å²) >= 11 is 0. The number of benzene rings is 1. The number of aryl methyl sites for hydroxylation is 1. The summed E-state index contributed by atoms with van der Waals surface area (Å²) in [6, 6.07) is 9.05. The van der Waals surface area contributed by atoms with Crippen molar-refractivity contribution in [1.82, 2.24) is 30.5 Å². The van der Waals surface area contributed by atoms with E-state index in [9.17, 15) is 4.79 Å². The lowest BCUT2D eigenvalue weighted by atomic mass is 10.1. The fraction of sp³-hybridized carbons (Fsp3) is 0.235. The van der Waals surface area contributed by atoms with Gasteiger partial charge < -0.3 is 10.6 Å². The number of aromatic nitrogens is 5. The molecule has 0 saturated carbocycles. The van der Waals surface area contributed by atoms with Crippen LogP contribution in [0.15, 0.2) is 49.1 Å². The average molecular weight is 337 g/mol. The van der Waals surface area contributed by atoms with Crippen LogP contribution in [0.3, 0.4) is 0 Å². The first-order valence-corrected chi connectivity index (χ1v) is 7.99. The van der Waals surface area contributed by atoms with Crippen molar-refractivity contribution < 1.29 is 4.79 Å². The maximum Gasteiger partial charge on any atom is 0.319 e. The fourth-order valence-corrected chi connectivity index (χ4v) is 2.60. The Labute approximate surface area is 145 Å². The summed E-state index contributed by atoms with van der Waals surface area (Å²) in [7, 11) is 0. The van der Waals surface area contributed by atoms with Gasteiger partial charge in [0.25, 0.3) is 0 Å². The maximum absolute atomic E-state index is 12.3. The van der Waals surface area contributed by atoms with Crippen molar-refractivity contribution in [2.24, 2.45) is 0 Å². The van der Waals surface area contributed by atoms with Crippen molar-refractivity contribution in [2.45, 2.75) is 26.3 Å². The number of hydrogen-bond donors (Lipinski definition) is 2. The molecule has 2 aromatic heterocycles. The number of tetrazole rings is 1. The SMILES string of the molecule is CC[C@H](NC(=O)Nc1ccc(-n2cnnn2)c(C)c1)c1ccncc1. The van der Waals surface area contributed by atoms with Gasteiger partial charge in [-0.2, -0.15) is 0 Å². The zero-order chi connectivity index (χ0) is 17.6. The van der Waals surface area contributed by atoms with Crippen molar-refractivity contribution in [3.05, 3.63) is 60.2 Å². The van der Waals surface area contributed by atoms with E-state index in [4.69, 9.17) is 0 Å². The Morgan fingerprint density at radius 1 is 1.24 bits per heavy atom. The third-order valence-corrected chi connectivity index (χ3v) is 3.87. The van der Waals surface area contributed by atoms with E-state index in [2.05, 4.69) is 31.1 Å². The summed E-state index contributed by atoms with van der Waals surface area (Å²) in [5.41, 5.74) is 3.54. The molecule has 0 aliphatic heterocycles. The predicted molar refractivity (Wildman–Crippen MR) is 93.3 cm³/mol. The zero-order valence-electron chi connectivity index (χ0n) is 14.0. The van der Waals surface area contributed by atoms with Crippen molar-refractivity contribution >= 4 is 11.7 Å². The molecule has 1 aromatic carbocycles. The summed E-state index contributed by atoms with van der Waals surface area (Å²) in [5.74, 6) is 0. The molecule has 2 heterocycles. The molecule has 0 fully saturated rings. The Bertz CT molecular complexity index is 833. The van der Waals surface area contributed by atoms with Gasteiger partial charge in [0.15, 0.2) is 0 Å². The number of carbonyl (C=O) groups is 1. The number of urea groups is 1. The largest absolute Gasteiger partial charge is 0.331 e. The minimum atomic E-state index is -0.252. The molecule has 3 rings (SSSR count). The topological polar surface area (TPSA) is 97.6 Å². The Morgan fingerprint density at radius 2 is 2.04 bits per heavy atom. The Hall–Kier alpha value is -3.29. The molecule has 0 spiro atoms. The second-order valence-corrected chi connectivity index (χ2v) is 5.60. The highest BCUT2D eigenvalue weighted by Gasteiger charge is 2.13. The molecule has 1 atom stereocenters. The number of nitrogens with zero attached hydrogens (tertiary/aromatic N) is 5. The van der Waals surface area contributed by atoms with Crippen LogP contribution in [-0.4, -0.2) is 31.2 Å². The van der Waals surface area contributed by atoms with Crippen LogP contribution >= 0.6 is 0 Å². The van der Waals surface area contributed by atoms with Gasteiger partial charge in [-0.15, -0.1) is 5.10 Å². The summed E-state index contributed by atoms with van der Waals surface area (Å²) in [6.45, 7) is 3.96. The van der Waals surface area contributed by atoms with Crippen molar-refractivity contribution in [2.75, 3.05) is 5.32 Å². The first-order chi connectivity index (χ1) is 12.2. The van der Waals surface area contributed by atoms with Crippen LogP contribution in [0.2, 0.25) is 0 Å². The van der Waals surface area contributed by atoms with E-state index in [1.54, 1.807) is 17.1 Å². The molecule has 2 amide bonds. The summed E-state index contributed by atoms with van der Waals surface area (Å²) in [5, 5.41) is 17.0. The molecule has 3 aromatic rings. The molecule has 0 unspecified atom stereocenters. The smallest absolute Gasteiger partial charge is 0.319 e. The molecule has 0 aliphatic carbocycles. The van der Waals surface area contributed by atoms with E-state index in [1.165, 1.54) is 6.33 Å².